The Bertz CT molecular complexity index is 727. The molecule has 0 spiro atoms. The summed E-state index contributed by atoms with van der Waals surface area (Å²) in [7, 11) is 0. The van der Waals surface area contributed by atoms with E-state index in [-0.39, 0.29) is 0 Å². The van der Waals surface area contributed by atoms with E-state index in [1.165, 1.54) is 12.8 Å². The van der Waals surface area contributed by atoms with Gasteiger partial charge in [0.2, 0.25) is 0 Å². The van der Waals surface area contributed by atoms with Gasteiger partial charge in [0.05, 0.1) is 24.1 Å². The summed E-state index contributed by atoms with van der Waals surface area (Å²) in [5, 5.41) is 14.7. The van der Waals surface area contributed by atoms with Gasteiger partial charge in [-0.3, -0.25) is 0 Å². The first-order chi connectivity index (χ1) is 10.4. The predicted molar refractivity (Wildman–Crippen MR) is 76.6 cm³/mol. The molecule has 3 aromatic rings. The van der Waals surface area contributed by atoms with Crippen molar-refractivity contribution in [2.24, 2.45) is 0 Å². The average molecular weight is 281 g/mol. The molecule has 7 heteroatoms. The molecule has 0 aliphatic heterocycles. The molecule has 1 aliphatic rings. The van der Waals surface area contributed by atoms with Crippen LogP contribution < -0.4 is 5.32 Å². The van der Waals surface area contributed by atoms with Crippen LogP contribution in [0, 0.1) is 0 Å². The van der Waals surface area contributed by atoms with E-state index in [0.717, 1.165) is 29.3 Å². The van der Waals surface area contributed by atoms with Crippen molar-refractivity contribution < 1.29 is 0 Å². The number of hydrogen-bond donors (Lipinski definition) is 2. The van der Waals surface area contributed by atoms with Gasteiger partial charge < -0.3 is 10.3 Å². The van der Waals surface area contributed by atoms with Crippen LogP contribution in [0.4, 0.5) is 0 Å². The number of nitrogens with zero attached hydrogens (tertiary/aromatic N) is 5. The standard InChI is InChI=1S/C14H15N7/c1-2-10(6-12(3-1)21-9-17-19-20-21)13-7-16-14(18-13)8-15-11-4-5-11/h1-3,6-7,9,11,15H,4-5,8H2,(H,16,18). The highest BCUT2D eigenvalue weighted by Crippen LogP contribution is 2.21. The maximum absolute atomic E-state index is 4.42. The van der Waals surface area contributed by atoms with Crippen molar-refractivity contribution in [2.45, 2.75) is 25.4 Å². The SMILES string of the molecule is c1cc(-c2cnc(CNC3CC3)[nH]2)cc(-n2cnnn2)c1. The average Bonchev–Trinajstić information content (AvgIpc) is 3.03. The second-order valence-electron chi connectivity index (χ2n) is 5.20. The van der Waals surface area contributed by atoms with Gasteiger partial charge in [-0.05, 0) is 35.4 Å². The Hall–Kier alpha value is -2.54. The molecule has 1 saturated carbocycles. The normalized spacial score (nSPS) is 14.5. The minimum Gasteiger partial charge on any atom is -0.341 e. The number of nitrogens with one attached hydrogen (secondary N) is 2. The quantitative estimate of drug-likeness (QED) is 0.736. The summed E-state index contributed by atoms with van der Waals surface area (Å²) in [6.45, 7) is 0.789. The molecular weight excluding hydrogens is 266 g/mol. The fourth-order valence-corrected chi connectivity index (χ4v) is 2.22. The molecule has 21 heavy (non-hydrogen) atoms. The lowest BCUT2D eigenvalue weighted by Crippen LogP contribution is -2.16. The lowest BCUT2D eigenvalue weighted by Gasteiger charge is -2.02. The van der Waals surface area contributed by atoms with Crippen LogP contribution in [-0.2, 0) is 6.54 Å². The second-order valence-corrected chi connectivity index (χ2v) is 5.20. The summed E-state index contributed by atoms with van der Waals surface area (Å²) >= 11 is 0. The Balaban J connectivity index is 1.56. The van der Waals surface area contributed by atoms with Crippen molar-refractivity contribution in [3.8, 4) is 16.9 Å². The van der Waals surface area contributed by atoms with E-state index in [4.69, 9.17) is 0 Å². The molecule has 0 amide bonds. The van der Waals surface area contributed by atoms with Crippen molar-refractivity contribution in [3.05, 3.63) is 42.6 Å². The molecule has 1 aromatic carbocycles. The molecule has 0 radical (unpaired) electrons. The lowest BCUT2D eigenvalue weighted by atomic mass is 10.1. The van der Waals surface area contributed by atoms with Crippen LogP contribution in [0.25, 0.3) is 16.9 Å². The van der Waals surface area contributed by atoms with Crippen molar-refractivity contribution in [1.82, 2.24) is 35.5 Å². The fourth-order valence-electron chi connectivity index (χ4n) is 2.22. The zero-order valence-electron chi connectivity index (χ0n) is 11.4. The van der Waals surface area contributed by atoms with Gasteiger partial charge in [-0.1, -0.05) is 12.1 Å². The predicted octanol–water partition coefficient (Wildman–Crippen LogP) is 1.30. The molecular formula is C14H15N7. The summed E-state index contributed by atoms with van der Waals surface area (Å²) in [6, 6.07) is 8.70. The van der Waals surface area contributed by atoms with Crippen LogP contribution in [-0.4, -0.2) is 36.2 Å². The Morgan fingerprint density at radius 2 is 2.29 bits per heavy atom. The lowest BCUT2D eigenvalue weighted by molar-refractivity contribution is 0.664. The molecule has 2 aromatic heterocycles. The highest BCUT2D eigenvalue weighted by atomic mass is 15.5. The van der Waals surface area contributed by atoms with Crippen LogP contribution >= 0.6 is 0 Å². The number of rotatable bonds is 5. The maximum Gasteiger partial charge on any atom is 0.143 e. The van der Waals surface area contributed by atoms with E-state index in [2.05, 4.69) is 30.8 Å². The van der Waals surface area contributed by atoms with Gasteiger partial charge in [-0.15, -0.1) is 5.10 Å². The molecule has 4 rings (SSSR count). The molecule has 1 aliphatic carbocycles. The minimum absolute atomic E-state index is 0.682. The molecule has 106 valence electrons. The van der Waals surface area contributed by atoms with Gasteiger partial charge in [0.25, 0.3) is 0 Å². The first-order valence-corrected chi connectivity index (χ1v) is 6.99. The Morgan fingerprint density at radius 3 is 3.10 bits per heavy atom. The van der Waals surface area contributed by atoms with Crippen molar-refractivity contribution in [1.29, 1.82) is 0 Å². The van der Waals surface area contributed by atoms with Crippen LogP contribution in [0.1, 0.15) is 18.7 Å². The van der Waals surface area contributed by atoms with Gasteiger partial charge >= 0.3 is 0 Å². The van der Waals surface area contributed by atoms with Crippen molar-refractivity contribution >= 4 is 0 Å². The molecule has 0 saturated heterocycles. The zero-order valence-corrected chi connectivity index (χ0v) is 11.4. The Morgan fingerprint density at radius 1 is 1.33 bits per heavy atom. The van der Waals surface area contributed by atoms with E-state index >= 15 is 0 Å². The summed E-state index contributed by atoms with van der Waals surface area (Å²) in [6.07, 6.45) is 6.00. The van der Waals surface area contributed by atoms with Gasteiger partial charge in [-0.2, -0.15) is 0 Å². The van der Waals surface area contributed by atoms with Gasteiger partial charge in [0.1, 0.15) is 12.2 Å². The number of tetrazole rings is 1. The van der Waals surface area contributed by atoms with E-state index in [1.54, 1.807) is 11.0 Å². The minimum atomic E-state index is 0.682. The van der Waals surface area contributed by atoms with Crippen LogP contribution in [0.3, 0.4) is 0 Å². The largest absolute Gasteiger partial charge is 0.341 e. The fraction of sp³-hybridized carbons (Fsp3) is 0.286. The first-order valence-electron chi connectivity index (χ1n) is 6.99. The number of hydrogen-bond acceptors (Lipinski definition) is 5. The highest BCUT2D eigenvalue weighted by molar-refractivity contribution is 5.61. The third kappa shape index (κ3) is 2.68. The third-order valence-corrected chi connectivity index (χ3v) is 3.53. The summed E-state index contributed by atoms with van der Waals surface area (Å²) in [4.78, 5) is 7.77. The summed E-state index contributed by atoms with van der Waals surface area (Å²) in [5.41, 5.74) is 2.98. The van der Waals surface area contributed by atoms with E-state index in [0.29, 0.717) is 6.04 Å². The summed E-state index contributed by atoms with van der Waals surface area (Å²) in [5.74, 6) is 0.963. The highest BCUT2D eigenvalue weighted by Gasteiger charge is 2.20. The number of aromatic nitrogens is 6. The van der Waals surface area contributed by atoms with E-state index in [9.17, 15) is 0 Å². The van der Waals surface area contributed by atoms with Gasteiger partial charge in [0, 0.05) is 11.6 Å². The molecule has 2 N–H and O–H groups in total. The molecule has 0 bridgehead atoms. The summed E-state index contributed by atoms with van der Waals surface area (Å²) < 4.78 is 1.63. The number of H-pyrrole nitrogens is 1. The number of imidazole rings is 1. The Labute approximate surface area is 121 Å². The van der Waals surface area contributed by atoms with E-state index in [1.807, 2.05) is 30.5 Å². The monoisotopic (exact) mass is 281 g/mol. The molecule has 0 atom stereocenters. The Kier molecular flexibility index (Phi) is 2.97. The molecule has 2 heterocycles. The van der Waals surface area contributed by atoms with Gasteiger partial charge in [-0.25, -0.2) is 9.67 Å². The number of aromatic amines is 1. The number of benzene rings is 1. The van der Waals surface area contributed by atoms with Crippen LogP contribution in [0.2, 0.25) is 0 Å². The van der Waals surface area contributed by atoms with E-state index < -0.39 is 0 Å². The third-order valence-electron chi connectivity index (χ3n) is 3.53. The van der Waals surface area contributed by atoms with Gasteiger partial charge in [0.15, 0.2) is 0 Å². The maximum atomic E-state index is 4.42. The second kappa shape index (κ2) is 5.10. The zero-order chi connectivity index (χ0) is 14.1. The molecule has 7 nitrogen and oxygen atoms in total. The van der Waals surface area contributed by atoms with Crippen molar-refractivity contribution in [3.63, 3.8) is 0 Å². The first kappa shape index (κ1) is 12.2. The molecule has 0 unspecified atom stereocenters. The van der Waals surface area contributed by atoms with Crippen molar-refractivity contribution in [2.75, 3.05) is 0 Å². The van der Waals surface area contributed by atoms with Crippen LogP contribution in [0.15, 0.2) is 36.8 Å². The smallest absolute Gasteiger partial charge is 0.143 e. The van der Waals surface area contributed by atoms with Crippen LogP contribution in [0.5, 0.6) is 0 Å². The molecule has 1 fully saturated rings. The topological polar surface area (TPSA) is 84.3 Å².